The van der Waals surface area contributed by atoms with Gasteiger partial charge >= 0.3 is 27.8 Å². The average Bonchev–Trinajstić information content (AvgIpc) is 1.41. The molecule has 48 valence electrons. The Bertz CT molecular complexity index is 56.5. The van der Waals surface area contributed by atoms with Crippen molar-refractivity contribution in [3.8, 4) is 0 Å². The van der Waals surface area contributed by atoms with Gasteiger partial charge in [-0.25, -0.2) is 0 Å². The van der Waals surface area contributed by atoms with Crippen LogP contribution in [0.15, 0.2) is 0 Å². The summed E-state index contributed by atoms with van der Waals surface area (Å²) >= 11 is -3.96. The van der Waals surface area contributed by atoms with Crippen LogP contribution in [0.5, 0.6) is 0 Å². The number of hydrogen-bond acceptors (Lipinski definition) is 4. The van der Waals surface area contributed by atoms with Crippen LogP contribution in [-0.2, 0) is 24.0 Å². The topological polar surface area (TPSA) is 94.8 Å². The van der Waals surface area contributed by atoms with Crippen LogP contribution in [-0.4, -0.2) is 14.3 Å². The summed E-state index contributed by atoms with van der Waals surface area (Å²) in [7, 11) is 0. The fourth-order valence-electron chi connectivity index (χ4n) is 0. The van der Waals surface area contributed by atoms with Crippen LogP contribution in [0.2, 0.25) is 0 Å². The Kier molecular flexibility index (Phi) is 36.9. The van der Waals surface area contributed by atoms with E-state index in [9.17, 15) is 0 Å². The van der Waals surface area contributed by atoms with Crippen LogP contribution in [0, 0.1) is 7.43 Å². The van der Waals surface area contributed by atoms with Gasteiger partial charge in [0.05, 0.1) is 0 Å². The van der Waals surface area contributed by atoms with Gasteiger partial charge in [0.1, 0.15) is 0 Å². The van der Waals surface area contributed by atoms with E-state index in [2.05, 4.69) is 0 Å². The summed E-state index contributed by atoms with van der Waals surface area (Å²) in [6, 6.07) is 0. The van der Waals surface area contributed by atoms with Crippen LogP contribution < -0.4 is 0 Å². The summed E-state index contributed by atoms with van der Waals surface area (Å²) < 4.78 is 24.6. The molecule has 0 heterocycles. The first-order valence-corrected chi connectivity index (χ1v) is 4.11. The molecule has 0 bridgehead atoms. The normalized spacial score (nSPS) is 5.71. The molecule has 0 atom stereocenters. The minimum atomic E-state index is -3.96. The van der Waals surface area contributed by atoms with Gasteiger partial charge in [-0.3, -0.25) is 10.5 Å². The molecule has 0 aliphatic heterocycles. The Morgan fingerprint density at radius 1 is 1.14 bits per heavy atom. The third kappa shape index (κ3) is 5200. The molecule has 0 aromatic rings. The van der Waals surface area contributed by atoms with Crippen molar-refractivity contribution in [1.82, 2.24) is 0 Å². The molecule has 0 radical (unpaired) electrons. The molecule has 0 spiro atoms. The van der Waals surface area contributed by atoms with Gasteiger partial charge in [0, 0.05) is 0 Å². The van der Waals surface area contributed by atoms with Crippen LogP contribution in [0.25, 0.3) is 0 Å². The van der Waals surface area contributed by atoms with E-state index in [-0.39, 0.29) is 7.43 Å². The van der Waals surface area contributed by atoms with Crippen molar-refractivity contribution in [2.75, 3.05) is 0 Å². The van der Waals surface area contributed by atoms with Gasteiger partial charge in [0.15, 0.2) is 0 Å². The molecular formula is CH6O5Re-. The molecule has 0 fully saturated rings. The maximum absolute atomic E-state index is 8.71. The minimum absolute atomic E-state index is 0. The molecule has 0 saturated heterocycles. The zero-order valence-electron chi connectivity index (χ0n) is 3.54. The van der Waals surface area contributed by atoms with E-state index in [4.69, 9.17) is 21.3 Å². The van der Waals surface area contributed by atoms with E-state index in [0.717, 1.165) is 0 Å². The molecule has 6 heteroatoms. The quantitative estimate of drug-likeness (QED) is 0.322. The van der Waals surface area contributed by atoms with Gasteiger partial charge in [-0.05, 0) is 0 Å². The Morgan fingerprint density at radius 3 is 1.14 bits per heavy atom. The molecule has 7 heavy (non-hydrogen) atoms. The van der Waals surface area contributed by atoms with E-state index in [1.165, 1.54) is 0 Å². The van der Waals surface area contributed by atoms with Crippen LogP contribution in [0.3, 0.4) is 0 Å². The fraction of sp³-hybridized carbons (Fsp3) is 0. The van der Waals surface area contributed by atoms with Gasteiger partial charge in [0.25, 0.3) is 0 Å². The monoisotopic (exact) mass is 285 g/mol. The molecule has 0 unspecified atom stereocenters. The Labute approximate surface area is 46.4 Å². The molecule has 0 amide bonds. The number of hydrogen-bond donors (Lipinski definition) is 3. The second-order valence-electron chi connectivity index (χ2n) is 0.201. The molecule has 0 aliphatic rings. The second-order valence-corrected chi connectivity index (χ2v) is 1.65. The standard InChI is InChI=1S/CH3.H2O2.H2O.2O.Re/c;1-2;;;;/h1H3;1-2H;1H2;;;/q-1;;;;;+1/p-1. The van der Waals surface area contributed by atoms with E-state index >= 15 is 0 Å². The van der Waals surface area contributed by atoms with Crippen molar-refractivity contribution in [3.05, 3.63) is 7.43 Å². The third-order valence-electron chi connectivity index (χ3n) is 0. The first-order valence-electron chi connectivity index (χ1n) is 0.678. The molecule has 0 aliphatic carbocycles. The Balaban J connectivity index is -0.0000000480. The summed E-state index contributed by atoms with van der Waals surface area (Å²) in [5.74, 6) is 0. The van der Waals surface area contributed by atoms with Crippen LogP contribution in [0.4, 0.5) is 0 Å². The van der Waals surface area contributed by atoms with Gasteiger partial charge < -0.3 is 7.43 Å². The summed E-state index contributed by atoms with van der Waals surface area (Å²) in [6.07, 6.45) is 0. The summed E-state index contributed by atoms with van der Waals surface area (Å²) in [5.41, 5.74) is 0. The second kappa shape index (κ2) is 16.4. The number of rotatable bonds is 0. The first-order chi connectivity index (χ1) is 2.73. The van der Waals surface area contributed by atoms with E-state index in [0.29, 0.717) is 0 Å². The molecule has 3 N–H and O–H groups in total. The molecule has 0 aromatic heterocycles. The van der Waals surface area contributed by atoms with E-state index in [1.54, 1.807) is 0 Å². The van der Waals surface area contributed by atoms with E-state index < -0.39 is 17.0 Å². The zero-order valence-corrected chi connectivity index (χ0v) is 6.25. The predicted octanol–water partition coefficient (Wildman–Crippen LogP) is -0.329. The Hall–Kier alpha value is 0.142. The van der Waals surface area contributed by atoms with Gasteiger partial charge in [0.2, 0.25) is 0 Å². The molecule has 0 saturated carbocycles. The fourth-order valence-corrected chi connectivity index (χ4v) is 0. The van der Waals surface area contributed by atoms with Crippen LogP contribution >= 0.6 is 0 Å². The van der Waals surface area contributed by atoms with Crippen LogP contribution in [0.1, 0.15) is 0 Å². The van der Waals surface area contributed by atoms with Crippen molar-refractivity contribution in [3.63, 3.8) is 0 Å². The SMILES string of the molecule is OO.[CH3-].[O]=[Re](=[O])[OH]. The Morgan fingerprint density at radius 2 is 1.14 bits per heavy atom. The zero-order chi connectivity index (χ0) is 5.58. The van der Waals surface area contributed by atoms with Crippen molar-refractivity contribution in [2.45, 2.75) is 0 Å². The van der Waals surface area contributed by atoms with Crippen molar-refractivity contribution in [2.24, 2.45) is 0 Å². The summed E-state index contributed by atoms with van der Waals surface area (Å²) in [4.78, 5) is 0. The molecule has 0 aromatic carbocycles. The maximum atomic E-state index is 8.71. The van der Waals surface area contributed by atoms with Crippen molar-refractivity contribution < 1.29 is 38.3 Å². The van der Waals surface area contributed by atoms with Crippen molar-refractivity contribution in [1.29, 1.82) is 0 Å². The summed E-state index contributed by atoms with van der Waals surface area (Å²) in [5, 5.41) is 12.0. The van der Waals surface area contributed by atoms with Gasteiger partial charge in [-0.15, -0.1) is 0 Å². The predicted molar refractivity (Wildman–Crippen MR) is 15.3 cm³/mol. The summed E-state index contributed by atoms with van der Waals surface area (Å²) in [6.45, 7) is 0. The first kappa shape index (κ1) is 15.7. The molecule has 5 nitrogen and oxygen atoms in total. The van der Waals surface area contributed by atoms with E-state index in [1.807, 2.05) is 0 Å². The van der Waals surface area contributed by atoms with Crippen molar-refractivity contribution >= 4 is 0 Å². The average molecular weight is 284 g/mol. The van der Waals surface area contributed by atoms with Gasteiger partial charge in [-0.2, -0.15) is 0 Å². The molecule has 0 rings (SSSR count). The molecular weight excluding hydrogens is 278 g/mol. The van der Waals surface area contributed by atoms with Gasteiger partial charge in [-0.1, -0.05) is 0 Å². The third-order valence-corrected chi connectivity index (χ3v) is 0.